The summed E-state index contributed by atoms with van der Waals surface area (Å²) in [5, 5.41) is 14.9. The first-order valence-electron chi connectivity index (χ1n) is 8.05. The zero-order valence-corrected chi connectivity index (χ0v) is 14.1. The Balaban J connectivity index is 1.82. The largest absolute Gasteiger partial charge is 0.348 e. The molecule has 3 atom stereocenters. The van der Waals surface area contributed by atoms with Crippen LogP contribution in [0.15, 0.2) is 42.5 Å². The predicted molar refractivity (Wildman–Crippen MR) is 91.5 cm³/mol. The van der Waals surface area contributed by atoms with Gasteiger partial charge in [0.2, 0.25) is 5.91 Å². The van der Waals surface area contributed by atoms with Crippen LogP contribution in [0, 0.1) is 28.1 Å². The Kier molecular flexibility index (Phi) is 3.44. The lowest BCUT2D eigenvalue weighted by Gasteiger charge is -2.19. The van der Waals surface area contributed by atoms with Crippen LogP contribution in [0.4, 0.5) is 0 Å². The molecule has 0 heterocycles. The summed E-state index contributed by atoms with van der Waals surface area (Å²) in [7, 11) is 0. The van der Waals surface area contributed by atoms with Crippen molar-refractivity contribution in [1.29, 1.82) is 5.26 Å². The fourth-order valence-electron chi connectivity index (χ4n) is 3.67. The third-order valence-corrected chi connectivity index (χ3v) is 5.82. The zero-order chi connectivity index (χ0) is 16.8. The van der Waals surface area contributed by atoms with Crippen LogP contribution in [0.25, 0.3) is 10.8 Å². The van der Waals surface area contributed by atoms with E-state index in [0.717, 1.165) is 10.9 Å². The summed E-state index contributed by atoms with van der Waals surface area (Å²) in [6, 6.07) is 16.5. The van der Waals surface area contributed by atoms with Gasteiger partial charge in [0.05, 0.1) is 12.1 Å². The number of nitrogens with zero attached hydrogens (tertiary/aromatic N) is 1. The average molecular weight is 306 g/mol. The monoisotopic (exact) mass is 306 g/mol. The summed E-state index contributed by atoms with van der Waals surface area (Å²) in [5.74, 6) is -0.0815. The molecule has 1 aliphatic carbocycles. The number of carbonyl (C=O) groups is 1. The minimum Gasteiger partial charge on any atom is -0.348 e. The molecule has 1 fully saturated rings. The number of nitrogens with one attached hydrogen (secondary N) is 1. The molecule has 0 bridgehead atoms. The van der Waals surface area contributed by atoms with E-state index in [9.17, 15) is 10.1 Å². The number of carbonyl (C=O) groups excluding carboxylic acids is 1. The first-order valence-corrected chi connectivity index (χ1v) is 8.05. The SMILES string of the molecule is CC1C(C)(C)C1(C#N)C(=O)N[C@H](C)c1ccc2ccccc2c1. The van der Waals surface area contributed by atoms with Gasteiger partial charge >= 0.3 is 0 Å². The van der Waals surface area contributed by atoms with Gasteiger partial charge in [0.15, 0.2) is 0 Å². The van der Waals surface area contributed by atoms with E-state index in [2.05, 4.69) is 35.7 Å². The van der Waals surface area contributed by atoms with Gasteiger partial charge in [-0.3, -0.25) is 4.79 Å². The summed E-state index contributed by atoms with van der Waals surface area (Å²) in [5.41, 5.74) is -0.121. The Morgan fingerprint density at radius 1 is 1.22 bits per heavy atom. The molecule has 0 saturated heterocycles. The number of hydrogen-bond donors (Lipinski definition) is 1. The van der Waals surface area contributed by atoms with Gasteiger partial charge in [-0.15, -0.1) is 0 Å². The Labute approximate surface area is 137 Å². The first-order chi connectivity index (χ1) is 10.8. The molecule has 23 heavy (non-hydrogen) atoms. The van der Waals surface area contributed by atoms with Crippen LogP contribution >= 0.6 is 0 Å². The van der Waals surface area contributed by atoms with Gasteiger partial charge in [-0.1, -0.05) is 57.2 Å². The molecule has 3 nitrogen and oxygen atoms in total. The maximum Gasteiger partial charge on any atom is 0.241 e. The molecule has 0 aliphatic heterocycles. The van der Waals surface area contributed by atoms with Crippen molar-refractivity contribution in [1.82, 2.24) is 5.32 Å². The highest BCUT2D eigenvalue weighted by Crippen LogP contribution is 2.68. The van der Waals surface area contributed by atoms with Crippen LogP contribution in [-0.2, 0) is 4.79 Å². The van der Waals surface area contributed by atoms with Gasteiger partial charge < -0.3 is 5.32 Å². The van der Waals surface area contributed by atoms with Crippen molar-refractivity contribution in [2.75, 3.05) is 0 Å². The van der Waals surface area contributed by atoms with E-state index in [4.69, 9.17) is 0 Å². The molecule has 1 saturated carbocycles. The minimum atomic E-state index is -0.905. The second-order valence-electron chi connectivity index (χ2n) is 7.16. The molecule has 118 valence electrons. The van der Waals surface area contributed by atoms with E-state index in [1.54, 1.807) is 0 Å². The lowest BCUT2D eigenvalue weighted by atomic mass is 9.95. The van der Waals surface area contributed by atoms with Gasteiger partial charge in [-0.2, -0.15) is 5.26 Å². The molecule has 0 aromatic heterocycles. The highest BCUT2D eigenvalue weighted by Gasteiger charge is 2.74. The van der Waals surface area contributed by atoms with Crippen molar-refractivity contribution in [2.24, 2.45) is 16.7 Å². The van der Waals surface area contributed by atoms with Crippen LogP contribution in [-0.4, -0.2) is 5.91 Å². The van der Waals surface area contributed by atoms with Gasteiger partial charge in [0, 0.05) is 0 Å². The summed E-state index contributed by atoms with van der Waals surface area (Å²) >= 11 is 0. The second kappa shape index (κ2) is 5.09. The molecule has 2 unspecified atom stereocenters. The van der Waals surface area contributed by atoms with Crippen molar-refractivity contribution >= 4 is 16.7 Å². The van der Waals surface area contributed by atoms with Gasteiger partial charge in [-0.05, 0) is 40.7 Å². The lowest BCUT2D eigenvalue weighted by Crippen LogP contribution is -2.36. The smallest absolute Gasteiger partial charge is 0.241 e. The van der Waals surface area contributed by atoms with E-state index in [1.165, 1.54) is 5.39 Å². The van der Waals surface area contributed by atoms with Crippen LogP contribution in [0.3, 0.4) is 0 Å². The van der Waals surface area contributed by atoms with Crippen molar-refractivity contribution in [3.05, 3.63) is 48.0 Å². The number of rotatable bonds is 3. The Hall–Kier alpha value is -2.34. The van der Waals surface area contributed by atoms with E-state index in [1.807, 2.05) is 45.9 Å². The fourth-order valence-corrected chi connectivity index (χ4v) is 3.67. The van der Waals surface area contributed by atoms with E-state index in [0.29, 0.717) is 0 Å². The minimum absolute atomic E-state index is 0.0730. The average Bonchev–Trinajstić information content (AvgIpc) is 2.99. The number of fused-ring (bicyclic) bond motifs is 1. The number of hydrogen-bond acceptors (Lipinski definition) is 2. The molecule has 1 N–H and O–H groups in total. The second-order valence-corrected chi connectivity index (χ2v) is 7.16. The number of benzene rings is 2. The molecule has 0 radical (unpaired) electrons. The Morgan fingerprint density at radius 3 is 2.39 bits per heavy atom. The summed E-state index contributed by atoms with van der Waals surface area (Å²) in [4.78, 5) is 12.7. The lowest BCUT2D eigenvalue weighted by molar-refractivity contribution is -0.126. The van der Waals surface area contributed by atoms with Crippen molar-refractivity contribution in [2.45, 2.75) is 33.7 Å². The van der Waals surface area contributed by atoms with Gasteiger partial charge in [0.1, 0.15) is 5.41 Å². The molecule has 0 spiro atoms. The Bertz CT molecular complexity index is 818. The third-order valence-electron chi connectivity index (χ3n) is 5.82. The normalized spacial score (nSPS) is 26.3. The molecule has 3 rings (SSSR count). The van der Waals surface area contributed by atoms with Crippen LogP contribution in [0.5, 0.6) is 0 Å². The van der Waals surface area contributed by atoms with Crippen LogP contribution in [0.2, 0.25) is 0 Å². The topological polar surface area (TPSA) is 52.9 Å². The number of nitriles is 1. The third kappa shape index (κ3) is 2.13. The molecule has 2 aromatic rings. The van der Waals surface area contributed by atoms with Crippen LogP contribution in [0.1, 0.15) is 39.3 Å². The van der Waals surface area contributed by atoms with Gasteiger partial charge in [0.25, 0.3) is 0 Å². The molecule has 1 amide bonds. The molecule has 1 aliphatic rings. The summed E-state index contributed by atoms with van der Waals surface area (Å²) in [6.07, 6.45) is 0. The number of amides is 1. The molecule has 3 heteroatoms. The van der Waals surface area contributed by atoms with E-state index >= 15 is 0 Å². The Morgan fingerprint density at radius 2 is 1.83 bits per heavy atom. The fraction of sp³-hybridized carbons (Fsp3) is 0.400. The summed E-state index contributed by atoms with van der Waals surface area (Å²) < 4.78 is 0. The molecule has 2 aromatic carbocycles. The first kappa shape index (κ1) is 15.6. The van der Waals surface area contributed by atoms with E-state index in [-0.39, 0.29) is 23.3 Å². The van der Waals surface area contributed by atoms with Crippen molar-refractivity contribution < 1.29 is 4.79 Å². The standard InChI is InChI=1S/C20H22N2O/c1-13(16-10-9-15-7-5-6-8-17(15)11-16)22-18(23)20(12-21)14(2)19(20,3)4/h5-11,13-14H,1-4H3,(H,22,23)/t13-,14?,20?/m1/s1. The van der Waals surface area contributed by atoms with Crippen molar-refractivity contribution in [3.63, 3.8) is 0 Å². The molecular formula is C20H22N2O. The molecular weight excluding hydrogens is 284 g/mol. The maximum absolute atomic E-state index is 12.7. The van der Waals surface area contributed by atoms with Gasteiger partial charge in [-0.25, -0.2) is 0 Å². The highest BCUT2D eigenvalue weighted by atomic mass is 16.2. The highest BCUT2D eigenvalue weighted by molar-refractivity contribution is 5.91. The maximum atomic E-state index is 12.7. The van der Waals surface area contributed by atoms with Crippen LogP contribution < -0.4 is 5.32 Å². The zero-order valence-electron chi connectivity index (χ0n) is 14.1. The quantitative estimate of drug-likeness (QED) is 0.923. The van der Waals surface area contributed by atoms with Crippen molar-refractivity contribution in [3.8, 4) is 6.07 Å². The predicted octanol–water partition coefficient (Wildman–Crippen LogP) is 4.20. The van der Waals surface area contributed by atoms with E-state index < -0.39 is 5.41 Å². The summed E-state index contributed by atoms with van der Waals surface area (Å²) in [6.45, 7) is 7.92.